The summed E-state index contributed by atoms with van der Waals surface area (Å²) in [5.74, 6) is 0.586. The van der Waals surface area contributed by atoms with Gasteiger partial charge in [-0.2, -0.15) is 0 Å². The second-order valence-corrected chi connectivity index (χ2v) is 5.86. The number of rotatable bonds is 1. The number of aryl methyl sites for hydroxylation is 2. The summed E-state index contributed by atoms with van der Waals surface area (Å²) < 4.78 is 1.06. The summed E-state index contributed by atoms with van der Waals surface area (Å²) in [4.78, 5) is 2.07. The lowest BCUT2D eigenvalue weighted by atomic mass is 10.1. The van der Waals surface area contributed by atoms with Crippen LogP contribution in [0.15, 0.2) is 40.9 Å². The molecular weight excluding hydrogens is 300 g/mol. The molecule has 2 aromatic carbocycles. The van der Waals surface area contributed by atoms with Crippen LogP contribution in [0.3, 0.4) is 0 Å². The fourth-order valence-electron chi connectivity index (χ4n) is 2.72. The highest BCUT2D eigenvalue weighted by molar-refractivity contribution is 9.10. The van der Waals surface area contributed by atoms with E-state index < -0.39 is 0 Å². The smallest absolute Gasteiger partial charge is 0.133 e. The molecule has 0 atom stereocenters. The molecule has 1 N–H and O–H groups in total. The number of hydrogen-bond acceptors (Lipinski definition) is 1. The Balaban J connectivity index is 2.10. The molecule has 2 nitrogen and oxygen atoms in total. The van der Waals surface area contributed by atoms with Crippen molar-refractivity contribution in [2.75, 3.05) is 4.90 Å². The van der Waals surface area contributed by atoms with E-state index in [1.807, 2.05) is 18.2 Å². The highest BCUT2D eigenvalue weighted by atomic mass is 79.9. The van der Waals surface area contributed by atoms with Crippen LogP contribution in [0.5, 0.6) is 0 Å². The van der Waals surface area contributed by atoms with Crippen LogP contribution in [-0.4, -0.2) is 5.84 Å². The summed E-state index contributed by atoms with van der Waals surface area (Å²) in [6, 6.07) is 12.4. The number of halogens is 1. The summed E-state index contributed by atoms with van der Waals surface area (Å²) >= 11 is 3.64. The monoisotopic (exact) mass is 314 g/mol. The van der Waals surface area contributed by atoms with E-state index in [1.54, 1.807) is 0 Å². The van der Waals surface area contributed by atoms with E-state index in [0.29, 0.717) is 5.84 Å². The van der Waals surface area contributed by atoms with Gasteiger partial charge in [-0.1, -0.05) is 30.3 Å². The van der Waals surface area contributed by atoms with E-state index in [1.165, 1.54) is 16.7 Å². The quantitative estimate of drug-likeness (QED) is 0.829. The molecule has 0 aliphatic carbocycles. The Bertz CT molecular complexity index is 653. The van der Waals surface area contributed by atoms with Gasteiger partial charge in [0, 0.05) is 10.0 Å². The Morgan fingerprint density at radius 3 is 2.58 bits per heavy atom. The van der Waals surface area contributed by atoms with E-state index in [9.17, 15) is 0 Å². The maximum Gasteiger partial charge on any atom is 0.133 e. The van der Waals surface area contributed by atoms with Gasteiger partial charge in [0.15, 0.2) is 0 Å². The third-order valence-corrected chi connectivity index (χ3v) is 4.14. The fourth-order valence-corrected chi connectivity index (χ4v) is 3.61. The average molecular weight is 315 g/mol. The van der Waals surface area contributed by atoms with Crippen LogP contribution in [-0.2, 0) is 6.54 Å². The Hall–Kier alpha value is -1.61. The van der Waals surface area contributed by atoms with Gasteiger partial charge in [-0.15, -0.1) is 0 Å². The van der Waals surface area contributed by atoms with Crippen LogP contribution in [0, 0.1) is 19.3 Å². The highest BCUT2D eigenvalue weighted by Gasteiger charge is 2.27. The molecule has 1 aliphatic rings. The summed E-state index contributed by atoms with van der Waals surface area (Å²) in [5, 5.41) is 8.38. The third-order valence-electron chi connectivity index (χ3n) is 3.54. The van der Waals surface area contributed by atoms with E-state index in [2.05, 4.69) is 52.9 Å². The van der Waals surface area contributed by atoms with Crippen molar-refractivity contribution in [1.82, 2.24) is 0 Å². The van der Waals surface area contributed by atoms with E-state index in [4.69, 9.17) is 5.41 Å². The van der Waals surface area contributed by atoms with Crippen molar-refractivity contribution >= 4 is 27.5 Å². The molecule has 1 aliphatic heterocycles. The molecule has 3 rings (SSSR count). The maximum atomic E-state index is 8.38. The summed E-state index contributed by atoms with van der Waals surface area (Å²) in [7, 11) is 0. The minimum absolute atomic E-state index is 0.586. The summed E-state index contributed by atoms with van der Waals surface area (Å²) in [6.45, 7) is 4.96. The second kappa shape index (κ2) is 4.49. The van der Waals surface area contributed by atoms with Gasteiger partial charge in [-0.25, -0.2) is 0 Å². The van der Waals surface area contributed by atoms with Crippen LogP contribution in [0.25, 0.3) is 0 Å². The first-order chi connectivity index (χ1) is 9.08. The lowest BCUT2D eigenvalue weighted by Gasteiger charge is -2.22. The van der Waals surface area contributed by atoms with Crippen LogP contribution in [0.4, 0.5) is 5.69 Å². The van der Waals surface area contributed by atoms with Gasteiger partial charge in [0.25, 0.3) is 0 Å². The molecule has 0 unspecified atom stereocenters. The van der Waals surface area contributed by atoms with Gasteiger partial charge in [-0.3, -0.25) is 5.41 Å². The molecule has 3 heteroatoms. The third kappa shape index (κ3) is 1.98. The number of benzene rings is 2. The predicted molar refractivity (Wildman–Crippen MR) is 83.1 cm³/mol. The van der Waals surface area contributed by atoms with Crippen LogP contribution < -0.4 is 4.90 Å². The molecule has 96 valence electrons. The largest absolute Gasteiger partial charge is 0.321 e. The molecule has 0 saturated heterocycles. The molecule has 0 aromatic heterocycles. The summed E-state index contributed by atoms with van der Waals surface area (Å²) in [5.41, 5.74) is 5.79. The van der Waals surface area contributed by atoms with Crippen LogP contribution in [0.2, 0.25) is 0 Å². The maximum absolute atomic E-state index is 8.38. The first kappa shape index (κ1) is 12.4. The van der Waals surface area contributed by atoms with Gasteiger partial charge in [0.1, 0.15) is 5.84 Å². The minimum Gasteiger partial charge on any atom is -0.321 e. The molecular formula is C16H15BrN2. The van der Waals surface area contributed by atoms with Crippen molar-refractivity contribution < 1.29 is 0 Å². The van der Waals surface area contributed by atoms with Gasteiger partial charge >= 0.3 is 0 Å². The average Bonchev–Trinajstić information content (AvgIpc) is 2.66. The molecule has 0 saturated carbocycles. The molecule has 0 spiro atoms. The van der Waals surface area contributed by atoms with Crippen molar-refractivity contribution in [2.24, 2.45) is 0 Å². The highest BCUT2D eigenvalue weighted by Crippen LogP contribution is 2.36. The second-order valence-electron chi connectivity index (χ2n) is 5.00. The molecule has 0 amide bonds. The van der Waals surface area contributed by atoms with Crippen molar-refractivity contribution in [3.63, 3.8) is 0 Å². The molecule has 0 bridgehead atoms. The lowest BCUT2D eigenvalue weighted by Crippen LogP contribution is -2.24. The number of anilines is 1. The number of amidine groups is 1. The first-order valence-electron chi connectivity index (χ1n) is 6.29. The van der Waals surface area contributed by atoms with Crippen molar-refractivity contribution in [3.8, 4) is 0 Å². The number of nitrogens with one attached hydrogen (secondary N) is 1. The normalized spacial score (nSPS) is 13.8. The fraction of sp³-hybridized carbons (Fsp3) is 0.188. The van der Waals surface area contributed by atoms with Gasteiger partial charge in [-0.05, 0) is 52.5 Å². The molecule has 19 heavy (non-hydrogen) atoms. The zero-order valence-corrected chi connectivity index (χ0v) is 12.6. The number of nitrogens with zero attached hydrogens (tertiary/aromatic N) is 1. The van der Waals surface area contributed by atoms with E-state index >= 15 is 0 Å². The lowest BCUT2D eigenvalue weighted by molar-refractivity contribution is 1.03. The Morgan fingerprint density at radius 2 is 1.89 bits per heavy atom. The Kier molecular flexibility index (Phi) is 2.94. The van der Waals surface area contributed by atoms with Gasteiger partial charge < -0.3 is 4.90 Å². The molecule has 0 fully saturated rings. The molecule has 1 heterocycles. The Morgan fingerprint density at radius 1 is 1.16 bits per heavy atom. The van der Waals surface area contributed by atoms with Crippen LogP contribution >= 0.6 is 15.9 Å². The predicted octanol–water partition coefficient (Wildman–Crippen LogP) is 4.41. The van der Waals surface area contributed by atoms with Crippen LogP contribution in [0.1, 0.15) is 22.3 Å². The Labute approximate surface area is 121 Å². The molecule has 2 aromatic rings. The van der Waals surface area contributed by atoms with Crippen molar-refractivity contribution in [2.45, 2.75) is 20.4 Å². The standard InChI is InChI=1S/C16H15BrN2/c1-10-7-11(2)15(14(17)8-10)19-9-12-5-3-4-6-13(12)16(19)18/h3-8,18H,9H2,1-2H3. The first-order valence-corrected chi connectivity index (χ1v) is 7.08. The SMILES string of the molecule is Cc1cc(C)c(N2Cc3ccccc3C2=N)c(Br)c1. The summed E-state index contributed by atoms with van der Waals surface area (Å²) in [6.07, 6.45) is 0. The number of fused-ring (bicyclic) bond motifs is 1. The zero-order chi connectivity index (χ0) is 13.6. The van der Waals surface area contributed by atoms with Gasteiger partial charge in [0.05, 0.1) is 12.2 Å². The molecule has 0 radical (unpaired) electrons. The number of hydrogen-bond donors (Lipinski definition) is 1. The van der Waals surface area contributed by atoms with E-state index in [0.717, 1.165) is 22.3 Å². The topological polar surface area (TPSA) is 27.1 Å². The van der Waals surface area contributed by atoms with E-state index in [-0.39, 0.29) is 0 Å². The zero-order valence-electron chi connectivity index (χ0n) is 11.0. The van der Waals surface area contributed by atoms with Crippen molar-refractivity contribution in [3.05, 3.63) is 63.1 Å². The van der Waals surface area contributed by atoms with Crippen molar-refractivity contribution in [1.29, 1.82) is 5.41 Å². The van der Waals surface area contributed by atoms with Gasteiger partial charge in [0.2, 0.25) is 0 Å². The minimum atomic E-state index is 0.586.